The lowest BCUT2D eigenvalue weighted by Gasteiger charge is -2.11. The number of furan rings is 1. The van der Waals surface area contributed by atoms with Gasteiger partial charge in [-0.15, -0.1) is 0 Å². The Bertz CT molecular complexity index is 846. The van der Waals surface area contributed by atoms with Crippen molar-refractivity contribution >= 4 is 22.7 Å². The lowest BCUT2D eigenvalue weighted by molar-refractivity contribution is -0.121. The summed E-state index contributed by atoms with van der Waals surface area (Å²) >= 11 is 0. The molecular weight excluding hydrogens is 270 g/mol. The van der Waals surface area contributed by atoms with Crippen LogP contribution in [0.5, 0.6) is 0 Å². The molecule has 0 spiro atoms. The summed E-state index contributed by atoms with van der Waals surface area (Å²) in [7, 11) is 0. The smallest absolute Gasteiger partial charge is 0.263 e. The third kappa shape index (κ3) is 2.10. The van der Waals surface area contributed by atoms with E-state index >= 15 is 0 Å². The van der Waals surface area contributed by atoms with Crippen LogP contribution in [0.1, 0.15) is 18.4 Å². The number of carbonyl (C=O) groups is 1. The standard InChI is InChI=1S/C15H11N3O3/c19-14-6-5-10(17-18-14)9-3-4-11-13(8-9)21-15(16-11)12-2-1-7-20-12/h1-4,7-8H,5-6H2,(H,18,19). The van der Waals surface area contributed by atoms with Crippen molar-refractivity contribution in [2.45, 2.75) is 12.8 Å². The molecule has 4 rings (SSSR count). The molecule has 1 aliphatic heterocycles. The minimum absolute atomic E-state index is 0.0559. The Morgan fingerprint density at radius 2 is 2.14 bits per heavy atom. The van der Waals surface area contributed by atoms with Gasteiger partial charge in [-0.25, -0.2) is 10.4 Å². The number of benzene rings is 1. The van der Waals surface area contributed by atoms with Crippen molar-refractivity contribution in [2.75, 3.05) is 0 Å². The van der Waals surface area contributed by atoms with Gasteiger partial charge in [-0.3, -0.25) is 4.79 Å². The normalized spacial score (nSPS) is 15.0. The topological polar surface area (TPSA) is 80.6 Å². The highest BCUT2D eigenvalue weighted by atomic mass is 16.4. The van der Waals surface area contributed by atoms with E-state index in [1.54, 1.807) is 18.4 Å². The Labute approximate surface area is 119 Å². The van der Waals surface area contributed by atoms with Crippen LogP contribution in [-0.4, -0.2) is 16.6 Å². The molecule has 1 amide bonds. The van der Waals surface area contributed by atoms with Gasteiger partial charge >= 0.3 is 0 Å². The molecule has 1 aromatic carbocycles. The molecule has 0 fully saturated rings. The Balaban J connectivity index is 1.75. The van der Waals surface area contributed by atoms with Crippen molar-refractivity contribution in [2.24, 2.45) is 5.10 Å². The van der Waals surface area contributed by atoms with Crippen LogP contribution in [0.25, 0.3) is 22.8 Å². The number of carbonyl (C=O) groups excluding carboxylic acids is 1. The minimum atomic E-state index is -0.0559. The van der Waals surface area contributed by atoms with Crippen molar-refractivity contribution in [1.29, 1.82) is 0 Å². The summed E-state index contributed by atoms with van der Waals surface area (Å²) in [6, 6.07) is 9.26. The van der Waals surface area contributed by atoms with Crippen molar-refractivity contribution in [3.8, 4) is 11.7 Å². The number of rotatable bonds is 2. The molecule has 0 radical (unpaired) electrons. The quantitative estimate of drug-likeness (QED) is 0.783. The van der Waals surface area contributed by atoms with Gasteiger partial charge in [-0.2, -0.15) is 5.10 Å². The molecule has 3 aromatic rings. The number of hydrogen-bond acceptors (Lipinski definition) is 5. The molecule has 104 valence electrons. The van der Waals surface area contributed by atoms with Gasteiger partial charge in [0.2, 0.25) is 5.91 Å². The van der Waals surface area contributed by atoms with Crippen molar-refractivity contribution in [3.05, 3.63) is 42.2 Å². The molecule has 6 heteroatoms. The molecule has 0 saturated carbocycles. The molecule has 1 aliphatic rings. The van der Waals surface area contributed by atoms with Crippen molar-refractivity contribution < 1.29 is 13.6 Å². The molecule has 21 heavy (non-hydrogen) atoms. The van der Waals surface area contributed by atoms with Crippen LogP contribution < -0.4 is 5.43 Å². The fraction of sp³-hybridized carbons (Fsp3) is 0.133. The zero-order valence-corrected chi connectivity index (χ0v) is 11.0. The summed E-state index contributed by atoms with van der Waals surface area (Å²) < 4.78 is 11.0. The highest BCUT2D eigenvalue weighted by Gasteiger charge is 2.16. The number of nitrogens with zero attached hydrogens (tertiary/aromatic N) is 2. The van der Waals surface area contributed by atoms with E-state index in [0.717, 1.165) is 16.8 Å². The Kier molecular flexibility index (Phi) is 2.60. The number of fused-ring (bicyclic) bond motifs is 1. The van der Waals surface area contributed by atoms with E-state index in [-0.39, 0.29) is 5.91 Å². The molecule has 0 bridgehead atoms. The second kappa shape index (κ2) is 4.59. The maximum Gasteiger partial charge on any atom is 0.263 e. The third-order valence-electron chi connectivity index (χ3n) is 3.36. The van der Waals surface area contributed by atoms with Crippen molar-refractivity contribution in [1.82, 2.24) is 10.4 Å². The number of hydrazone groups is 1. The second-order valence-electron chi connectivity index (χ2n) is 4.77. The van der Waals surface area contributed by atoms with Gasteiger partial charge in [0.25, 0.3) is 5.89 Å². The number of aromatic nitrogens is 1. The van der Waals surface area contributed by atoms with E-state index in [4.69, 9.17) is 8.83 Å². The first-order valence-electron chi connectivity index (χ1n) is 6.60. The predicted octanol–water partition coefficient (Wildman–Crippen LogP) is 2.70. The SMILES string of the molecule is O=C1CCC(c2ccc3nc(-c4ccco4)oc3c2)=NN1. The predicted molar refractivity (Wildman–Crippen MR) is 75.6 cm³/mol. The summed E-state index contributed by atoms with van der Waals surface area (Å²) in [5, 5.41) is 4.08. The van der Waals surface area contributed by atoms with Gasteiger partial charge in [0.05, 0.1) is 12.0 Å². The van der Waals surface area contributed by atoms with Gasteiger partial charge < -0.3 is 8.83 Å². The van der Waals surface area contributed by atoms with E-state index in [0.29, 0.717) is 30.1 Å². The van der Waals surface area contributed by atoms with Crippen LogP contribution in [-0.2, 0) is 4.79 Å². The van der Waals surface area contributed by atoms with Crippen LogP contribution in [0.2, 0.25) is 0 Å². The first-order valence-corrected chi connectivity index (χ1v) is 6.60. The summed E-state index contributed by atoms with van der Waals surface area (Å²) in [5.41, 5.74) is 5.68. The molecule has 3 heterocycles. The molecular formula is C15H11N3O3. The van der Waals surface area contributed by atoms with Crippen LogP contribution in [0.4, 0.5) is 0 Å². The second-order valence-corrected chi connectivity index (χ2v) is 4.77. The Morgan fingerprint density at radius 3 is 2.90 bits per heavy atom. The molecule has 2 aromatic heterocycles. The molecule has 0 unspecified atom stereocenters. The number of nitrogens with one attached hydrogen (secondary N) is 1. The summed E-state index contributed by atoms with van der Waals surface area (Å²) in [6.45, 7) is 0. The first kappa shape index (κ1) is 11.9. The Hall–Kier alpha value is -2.89. The van der Waals surface area contributed by atoms with E-state index < -0.39 is 0 Å². The van der Waals surface area contributed by atoms with E-state index in [9.17, 15) is 4.79 Å². The maximum atomic E-state index is 11.1. The third-order valence-corrected chi connectivity index (χ3v) is 3.36. The van der Waals surface area contributed by atoms with Gasteiger partial charge in [0, 0.05) is 18.4 Å². The summed E-state index contributed by atoms with van der Waals surface area (Å²) in [6.07, 6.45) is 2.65. The average Bonchev–Trinajstić information content (AvgIpc) is 3.16. The molecule has 6 nitrogen and oxygen atoms in total. The van der Waals surface area contributed by atoms with Crippen molar-refractivity contribution in [3.63, 3.8) is 0 Å². The maximum absolute atomic E-state index is 11.1. The van der Waals surface area contributed by atoms with Gasteiger partial charge in [0.15, 0.2) is 11.3 Å². The van der Waals surface area contributed by atoms with Gasteiger partial charge in [0.1, 0.15) is 5.52 Å². The lowest BCUT2D eigenvalue weighted by Crippen LogP contribution is -2.25. The average molecular weight is 281 g/mol. The zero-order valence-electron chi connectivity index (χ0n) is 11.0. The molecule has 0 saturated heterocycles. The minimum Gasteiger partial charge on any atom is -0.459 e. The fourth-order valence-electron chi connectivity index (χ4n) is 2.29. The van der Waals surface area contributed by atoms with Gasteiger partial charge in [-0.05, 0) is 24.3 Å². The van der Waals surface area contributed by atoms with Crippen LogP contribution in [0.15, 0.2) is 50.5 Å². The zero-order chi connectivity index (χ0) is 14.2. The highest BCUT2D eigenvalue weighted by molar-refractivity contribution is 6.05. The summed E-state index contributed by atoms with van der Waals surface area (Å²) in [4.78, 5) is 15.5. The van der Waals surface area contributed by atoms with E-state index in [1.807, 2.05) is 18.2 Å². The molecule has 0 aliphatic carbocycles. The van der Waals surface area contributed by atoms with Crippen LogP contribution in [0.3, 0.4) is 0 Å². The molecule has 0 atom stereocenters. The monoisotopic (exact) mass is 281 g/mol. The van der Waals surface area contributed by atoms with E-state index in [1.165, 1.54) is 0 Å². The molecule has 1 N–H and O–H groups in total. The number of oxazole rings is 1. The Morgan fingerprint density at radius 1 is 1.19 bits per heavy atom. The first-order chi connectivity index (χ1) is 10.3. The largest absolute Gasteiger partial charge is 0.459 e. The highest BCUT2D eigenvalue weighted by Crippen LogP contribution is 2.25. The lowest BCUT2D eigenvalue weighted by atomic mass is 10.0. The summed E-state index contributed by atoms with van der Waals surface area (Å²) in [5.74, 6) is 0.987. The van der Waals surface area contributed by atoms with Crippen LogP contribution in [0, 0.1) is 0 Å². The number of hydrogen-bond donors (Lipinski definition) is 1. The number of amides is 1. The van der Waals surface area contributed by atoms with Gasteiger partial charge in [-0.1, -0.05) is 6.07 Å². The van der Waals surface area contributed by atoms with Crippen LogP contribution >= 0.6 is 0 Å². The van der Waals surface area contributed by atoms with E-state index in [2.05, 4.69) is 15.5 Å². The fourth-order valence-corrected chi connectivity index (χ4v) is 2.29.